The van der Waals surface area contributed by atoms with Crippen LogP contribution in [0.1, 0.15) is 44.3 Å². The predicted molar refractivity (Wildman–Crippen MR) is 113 cm³/mol. The van der Waals surface area contributed by atoms with Crippen molar-refractivity contribution in [3.8, 4) is 0 Å². The third-order valence-electron chi connectivity index (χ3n) is 6.44. The molecule has 1 amide bonds. The molecule has 5 rings (SSSR count). The Kier molecular flexibility index (Phi) is 4.97. The summed E-state index contributed by atoms with van der Waals surface area (Å²) in [6, 6.07) is 3.21. The number of carbonyl (C=O) groups is 1. The minimum Gasteiger partial charge on any atom is -0.356 e. The van der Waals surface area contributed by atoms with Crippen LogP contribution in [0, 0.1) is 12.8 Å². The number of nitrogens with one attached hydrogen (secondary N) is 1. The molecule has 7 heteroatoms. The van der Waals surface area contributed by atoms with Crippen molar-refractivity contribution in [1.82, 2.24) is 20.2 Å². The summed E-state index contributed by atoms with van der Waals surface area (Å²) >= 11 is 1.69. The fourth-order valence-electron chi connectivity index (χ4n) is 4.73. The van der Waals surface area contributed by atoms with Crippen molar-refractivity contribution < 1.29 is 4.79 Å². The van der Waals surface area contributed by atoms with Crippen LogP contribution in [0.2, 0.25) is 0 Å². The first-order valence-corrected chi connectivity index (χ1v) is 11.6. The van der Waals surface area contributed by atoms with Gasteiger partial charge >= 0.3 is 0 Å². The van der Waals surface area contributed by atoms with Gasteiger partial charge in [-0.05, 0) is 63.4 Å². The Morgan fingerprint density at radius 2 is 1.96 bits per heavy atom. The third kappa shape index (κ3) is 3.74. The Hall–Kier alpha value is -1.73. The number of hydrogen-bond donors (Lipinski definition) is 1. The first-order valence-electron chi connectivity index (χ1n) is 10.7. The number of carbonyl (C=O) groups excluding carboxylic acids is 1. The molecule has 6 nitrogen and oxygen atoms in total. The summed E-state index contributed by atoms with van der Waals surface area (Å²) in [4.78, 5) is 27.9. The molecule has 1 N–H and O–H groups in total. The molecule has 1 atom stereocenters. The number of piperidine rings is 2. The van der Waals surface area contributed by atoms with Gasteiger partial charge in [0.05, 0.1) is 11.3 Å². The zero-order valence-corrected chi connectivity index (χ0v) is 17.4. The molecule has 2 saturated heterocycles. The van der Waals surface area contributed by atoms with E-state index in [0.717, 1.165) is 68.3 Å². The van der Waals surface area contributed by atoms with Crippen LogP contribution in [0.3, 0.4) is 0 Å². The second-order valence-electron chi connectivity index (χ2n) is 8.57. The Morgan fingerprint density at radius 3 is 2.75 bits per heavy atom. The maximum atomic E-state index is 12.5. The lowest BCUT2D eigenvalue weighted by Gasteiger charge is -2.42. The van der Waals surface area contributed by atoms with E-state index in [4.69, 9.17) is 4.98 Å². The van der Waals surface area contributed by atoms with Crippen molar-refractivity contribution in [2.75, 3.05) is 31.1 Å². The van der Waals surface area contributed by atoms with Crippen LogP contribution in [-0.2, 0) is 4.79 Å². The van der Waals surface area contributed by atoms with E-state index in [0.29, 0.717) is 18.0 Å². The molecule has 150 valence electrons. The van der Waals surface area contributed by atoms with E-state index in [9.17, 15) is 4.79 Å². The summed E-state index contributed by atoms with van der Waals surface area (Å²) in [5.41, 5.74) is 0. The Labute approximate surface area is 170 Å². The second-order valence-corrected chi connectivity index (χ2v) is 9.46. The molecule has 2 aromatic heterocycles. The molecule has 3 fully saturated rings. The van der Waals surface area contributed by atoms with Crippen molar-refractivity contribution in [1.29, 1.82) is 0 Å². The second kappa shape index (κ2) is 7.59. The molecule has 0 bridgehead atoms. The van der Waals surface area contributed by atoms with Crippen LogP contribution >= 0.6 is 11.3 Å². The Bertz CT molecular complexity index is 856. The summed E-state index contributed by atoms with van der Waals surface area (Å²) in [6.07, 6.45) is 6.81. The number of rotatable bonds is 4. The summed E-state index contributed by atoms with van der Waals surface area (Å²) in [6.45, 7) is 6.11. The smallest absolute Gasteiger partial charge is 0.224 e. The van der Waals surface area contributed by atoms with E-state index in [1.54, 1.807) is 11.3 Å². The van der Waals surface area contributed by atoms with Crippen molar-refractivity contribution in [3.63, 3.8) is 0 Å². The van der Waals surface area contributed by atoms with Crippen molar-refractivity contribution in [2.24, 2.45) is 5.92 Å². The van der Waals surface area contributed by atoms with Gasteiger partial charge in [-0.1, -0.05) is 0 Å². The molecule has 3 aliphatic rings. The van der Waals surface area contributed by atoms with E-state index in [-0.39, 0.29) is 5.92 Å². The minimum absolute atomic E-state index is 0.183. The van der Waals surface area contributed by atoms with E-state index >= 15 is 0 Å². The number of hydrogen-bond acceptors (Lipinski definition) is 6. The molecule has 0 spiro atoms. The number of nitrogens with zero attached hydrogens (tertiary/aromatic N) is 4. The van der Waals surface area contributed by atoms with Crippen LogP contribution in [0.15, 0.2) is 11.4 Å². The molecule has 0 radical (unpaired) electrons. The predicted octanol–water partition coefficient (Wildman–Crippen LogP) is 2.96. The number of thiophene rings is 1. The van der Waals surface area contributed by atoms with Crippen LogP contribution in [0.4, 0.5) is 5.82 Å². The number of anilines is 1. The Morgan fingerprint density at radius 1 is 1.14 bits per heavy atom. The number of aryl methyl sites for hydroxylation is 1. The van der Waals surface area contributed by atoms with E-state index in [2.05, 4.69) is 31.5 Å². The van der Waals surface area contributed by atoms with Crippen LogP contribution < -0.4 is 10.2 Å². The molecule has 28 heavy (non-hydrogen) atoms. The van der Waals surface area contributed by atoms with Crippen molar-refractivity contribution in [3.05, 3.63) is 17.3 Å². The lowest BCUT2D eigenvalue weighted by molar-refractivity contribution is -0.127. The van der Waals surface area contributed by atoms with E-state index < -0.39 is 0 Å². The molecule has 1 aliphatic carbocycles. The highest BCUT2D eigenvalue weighted by Gasteiger charge is 2.34. The number of aromatic nitrogens is 2. The van der Waals surface area contributed by atoms with Gasteiger partial charge < -0.3 is 10.2 Å². The highest BCUT2D eigenvalue weighted by Crippen LogP contribution is 2.31. The van der Waals surface area contributed by atoms with Gasteiger partial charge in [-0.3, -0.25) is 9.69 Å². The van der Waals surface area contributed by atoms with Gasteiger partial charge in [0.2, 0.25) is 5.91 Å². The van der Waals surface area contributed by atoms with Crippen molar-refractivity contribution >= 4 is 33.3 Å². The fraction of sp³-hybridized carbons (Fsp3) is 0.667. The van der Waals surface area contributed by atoms with E-state index in [1.165, 1.54) is 18.2 Å². The van der Waals surface area contributed by atoms with Crippen LogP contribution in [0.25, 0.3) is 10.2 Å². The first-order chi connectivity index (χ1) is 13.7. The zero-order valence-electron chi connectivity index (χ0n) is 16.6. The van der Waals surface area contributed by atoms with Gasteiger partial charge in [0.25, 0.3) is 0 Å². The van der Waals surface area contributed by atoms with Gasteiger partial charge in [-0.2, -0.15) is 0 Å². The van der Waals surface area contributed by atoms with Crippen molar-refractivity contribution in [2.45, 2.75) is 57.5 Å². The highest BCUT2D eigenvalue weighted by atomic mass is 32.1. The van der Waals surface area contributed by atoms with Gasteiger partial charge in [-0.15, -0.1) is 11.3 Å². The summed E-state index contributed by atoms with van der Waals surface area (Å²) in [5.74, 6) is 2.43. The highest BCUT2D eigenvalue weighted by molar-refractivity contribution is 7.16. The van der Waals surface area contributed by atoms with Gasteiger partial charge in [0.15, 0.2) is 0 Å². The zero-order chi connectivity index (χ0) is 19.1. The quantitative estimate of drug-likeness (QED) is 0.856. The summed E-state index contributed by atoms with van der Waals surface area (Å²) in [5, 5.41) is 6.50. The molecule has 1 unspecified atom stereocenters. The van der Waals surface area contributed by atoms with Gasteiger partial charge in [-0.25, -0.2) is 9.97 Å². The van der Waals surface area contributed by atoms with Gasteiger partial charge in [0.1, 0.15) is 16.5 Å². The minimum atomic E-state index is 0.183. The normalized spacial score (nSPS) is 24.6. The maximum absolute atomic E-state index is 12.5. The lowest BCUT2D eigenvalue weighted by Crippen LogP contribution is -2.51. The summed E-state index contributed by atoms with van der Waals surface area (Å²) in [7, 11) is 0. The van der Waals surface area contributed by atoms with E-state index in [1.807, 2.05) is 6.92 Å². The maximum Gasteiger partial charge on any atom is 0.224 e. The topological polar surface area (TPSA) is 61.4 Å². The first kappa shape index (κ1) is 18.3. The largest absolute Gasteiger partial charge is 0.356 e. The SMILES string of the molecule is Cc1nc(N2CCC(N3CCCC(C(=O)NC4CC4)C3)CC2)c2ccsc2n1. The van der Waals surface area contributed by atoms with Crippen LogP contribution in [-0.4, -0.2) is 59.0 Å². The molecule has 2 aliphatic heterocycles. The average molecular weight is 400 g/mol. The fourth-order valence-corrected chi connectivity index (χ4v) is 5.53. The molecular weight excluding hydrogens is 370 g/mol. The lowest BCUT2D eigenvalue weighted by atomic mass is 9.93. The molecular formula is C21H29N5OS. The molecule has 2 aromatic rings. The molecule has 4 heterocycles. The monoisotopic (exact) mass is 399 g/mol. The number of likely N-dealkylation sites (tertiary alicyclic amines) is 1. The van der Waals surface area contributed by atoms with Gasteiger partial charge in [0, 0.05) is 31.7 Å². The Balaban J connectivity index is 1.21. The standard InChI is InChI=1S/C21H29N5OS/c1-14-22-19(18-8-12-28-21(18)23-14)25-10-6-17(7-11-25)26-9-2-3-15(13-26)20(27)24-16-4-5-16/h8,12,15-17H,2-7,9-11,13H2,1H3,(H,24,27). The summed E-state index contributed by atoms with van der Waals surface area (Å²) < 4.78 is 0. The molecule has 0 aromatic carbocycles. The third-order valence-corrected chi connectivity index (χ3v) is 7.25. The molecule has 1 saturated carbocycles. The number of fused-ring (bicyclic) bond motifs is 1. The average Bonchev–Trinajstić information content (AvgIpc) is 3.41. The number of amides is 1. The van der Waals surface area contributed by atoms with Crippen LogP contribution in [0.5, 0.6) is 0 Å².